The summed E-state index contributed by atoms with van der Waals surface area (Å²) in [7, 11) is 0. The first-order valence-corrected chi connectivity index (χ1v) is 5.11. The van der Waals surface area contributed by atoms with Crippen molar-refractivity contribution in [1.82, 2.24) is 0 Å². The average molecular weight is 262 g/mol. The summed E-state index contributed by atoms with van der Waals surface area (Å²) in [4.78, 5) is 0. The fourth-order valence-electron chi connectivity index (χ4n) is 1.38. The summed E-state index contributed by atoms with van der Waals surface area (Å²) in [5.41, 5.74) is 3.81. The van der Waals surface area contributed by atoms with E-state index in [0.717, 1.165) is 12.1 Å². The van der Waals surface area contributed by atoms with Crippen LogP contribution in [0.15, 0.2) is 23.4 Å². The third-order valence-electron chi connectivity index (χ3n) is 2.05. The summed E-state index contributed by atoms with van der Waals surface area (Å²) in [5.74, 6) is -0.523. The SMILES string of the molecule is CC(C)Oc1ccc(/C(N)=N/O)c(C(F)(F)F)c1. The third kappa shape index (κ3) is 3.28. The predicted molar refractivity (Wildman–Crippen MR) is 59.7 cm³/mol. The zero-order valence-corrected chi connectivity index (χ0v) is 9.82. The molecule has 0 saturated carbocycles. The lowest BCUT2D eigenvalue weighted by Crippen LogP contribution is -2.20. The Labute approximate surface area is 102 Å². The lowest BCUT2D eigenvalue weighted by molar-refractivity contribution is -0.137. The topological polar surface area (TPSA) is 67.8 Å². The van der Waals surface area contributed by atoms with Crippen LogP contribution in [0.2, 0.25) is 0 Å². The van der Waals surface area contributed by atoms with Gasteiger partial charge < -0.3 is 15.7 Å². The third-order valence-corrected chi connectivity index (χ3v) is 2.05. The summed E-state index contributed by atoms with van der Waals surface area (Å²) < 4.78 is 43.6. The standard InChI is InChI=1S/C11H13F3N2O2/c1-6(2)18-7-3-4-8(10(15)16-17)9(5-7)11(12,13)14/h3-6,17H,1-2H3,(H2,15,16). The van der Waals surface area contributed by atoms with Crippen LogP contribution >= 0.6 is 0 Å². The lowest BCUT2D eigenvalue weighted by atomic mass is 10.1. The number of rotatable bonds is 3. The van der Waals surface area contributed by atoms with Gasteiger partial charge in [0, 0.05) is 5.56 Å². The van der Waals surface area contributed by atoms with Crippen LogP contribution in [0.1, 0.15) is 25.0 Å². The van der Waals surface area contributed by atoms with E-state index in [2.05, 4.69) is 5.16 Å². The molecule has 0 spiro atoms. The van der Waals surface area contributed by atoms with E-state index >= 15 is 0 Å². The number of ether oxygens (including phenoxy) is 1. The van der Waals surface area contributed by atoms with Crippen LogP contribution in [0.25, 0.3) is 0 Å². The molecule has 0 atom stereocenters. The van der Waals surface area contributed by atoms with Gasteiger partial charge in [0.2, 0.25) is 0 Å². The Morgan fingerprint density at radius 3 is 2.44 bits per heavy atom. The second kappa shape index (κ2) is 5.16. The molecule has 0 fully saturated rings. The molecular formula is C11H13F3N2O2. The minimum Gasteiger partial charge on any atom is -0.491 e. The van der Waals surface area contributed by atoms with Crippen molar-refractivity contribution in [3.63, 3.8) is 0 Å². The summed E-state index contributed by atoms with van der Waals surface area (Å²) in [6.07, 6.45) is -4.86. The van der Waals surface area contributed by atoms with Crippen LogP contribution < -0.4 is 10.5 Å². The highest BCUT2D eigenvalue weighted by molar-refractivity contribution is 5.98. The first kappa shape index (κ1) is 14.1. The smallest absolute Gasteiger partial charge is 0.417 e. The van der Waals surface area contributed by atoms with Gasteiger partial charge in [-0.05, 0) is 32.0 Å². The molecule has 3 N–H and O–H groups in total. The van der Waals surface area contributed by atoms with Gasteiger partial charge in [-0.3, -0.25) is 0 Å². The highest BCUT2D eigenvalue weighted by Gasteiger charge is 2.35. The molecule has 0 bridgehead atoms. The Morgan fingerprint density at radius 1 is 1.39 bits per heavy atom. The molecule has 0 radical (unpaired) electrons. The Kier molecular flexibility index (Phi) is 4.05. The molecule has 0 aliphatic rings. The quantitative estimate of drug-likeness (QED) is 0.381. The molecule has 0 aliphatic heterocycles. The van der Waals surface area contributed by atoms with Crippen molar-refractivity contribution in [1.29, 1.82) is 0 Å². The highest BCUT2D eigenvalue weighted by atomic mass is 19.4. The zero-order chi connectivity index (χ0) is 13.9. The molecule has 7 heteroatoms. The molecule has 0 unspecified atom stereocenters. The van der Waals surface area contributed by atoms with Gasteiger partial charge in [0.1, 0.15) is 5.75 Å². The summed E-state index contributed by atoms with van der Waals surface area (Å²) >= 11 is 0. The van der Waals surface area contributed by atoms with Gasteiger partial charge in [-0.25, -0.2) is 0 Å². The normalized spacial score (nSPS) is 12.9. The van der Waals surface area contributed by atoms with Crippen LogP contribution in [0.5, 0.6) is 5.75 Å². The van der Waals surface area contributed by atoms with E-state index < -0.39 is 17.6 Å². The number of amidine groups is 1. The summed E-state index contributed by atoms with van der Waals surface area (Å²) in [6, 6.07) is 3.27. The second-order valence-electron chi connectivity index (χ2n) is 3.86. The Bertz CT molecular complexity index is 456. The van der Waals surface area contributed by atoms with E-state index in [4.69, 9.17) is 15.7 Å². The van der Waals surface area contributed by atoms with Crippen LogP contribution in [0.4, 0.5) is 13.2 Å². The maximum Gasteiger partial charge on any atom is 0.417 e. The molecule has 0 aromatic heterocycles. The van der Waals surface area contributed by atoms with E-state index in [9.17, 15) is 13.2 Å². The fourth-order valence-corrected chi connectivity index (χ4v) is 1.38. The first-order valence-electron chi connectivity index (χ1n) is 5.11. The number of benzene rings is 1. The highest BCUT2D eigenvalue weighted by Crippen LogP contribution is 2.34. The van der Waals surface area contributed by atoms with E-state index in [-0.39, 0.29) is 17.4 Å². The van der Waals surface area contributed by atoms with Crippen molar-refractivity contribution in [2.24, 2.45) is 10.9 Å². The van der Waals surface area contributed by atoms with Crippen molar-refractivity contribution >= 4 is 5.84 Å². The van der Waals surface area contributed by atoms with Gasteiger partial charge in [-0.2, -0.15) is 13.2 Å². The van der Waals surface area contributed by atoms with Gasteiger partial charge in [-0.15, -0.1) is 0 Å². The summed E-state index contributed by atoms with van der Waals surface area (Å²) in [5, 5.41) is 11.0. The average Bonchev–Trinajstić information content (AvgIpc) is 2.26. The van der Waals surface area contributed by atoms with Gasteiger partial charge >= 0.3 is 6.18 Å². The number of nitrogens with zero attached hydrogens (tertiary/aromatic N) is 1. The van der Waals surface area contributed by atoms with Crippen LogP contribution in [-0.2, 0) is 6.18 Å². The van der Waals surface area contributed by atoms with Gasteiger partial charge in [-0.1, -0.05) is 5.16 Å². The van der Waals surface area contributed by atoms with Crippen molar-refractivity contribution in [2.75, 3.05) is 0 Å². The number of halogens is 3. The minimum atomic E-state index is -4.61. The monoisotopic (exact) mass is 262 g/mol. The molecule has 1 rings (SSSR count). The van der Waals surface area contributed by atoms with Crippen molar-refractivity contribution in [2.45, 2.75) is 26.1 Å². The number of alkyl halides is 3. The molecule has 1 aromatic rings. The number of oxime groups is 1. The number of hydrogen-bond acceptors (Lipinski definition) is 3. The minimum absolute atomic E-state index is 0.0758. The second-order valence-corrected chi connectivity index (χ2v) is 3.86. The van der Waals surface area contributed by atoms with Gasteiger partial charge in [0.15, 0.2) is 5.84 Å². The Hall–Kier alpha value is -1.92. The number of hydrogen-bond donors (Lipinski definition) is 2. The molecule has 0 saturated heterocycles. The molecule has 1 aromatic carbocycles. The Balaban J connectivity index is 3.30. The molecule has 18 heavy (non-hydrogen) atoms. The number of nitrogens with two attached hydrogens (primary N) is 1. The van der Waals surface area contributed by atoms with Crippen LogP contribution in [0, 0.1) is 0 Å². The van der Waals surface area contributed by atoms with E-state index in [1.54, 1.807) is 13.8 Å². The largest absolute Gasteiger partial charge is 0.491 e. The molecular weight excluding hydrogens is 249 g/mol. The maximum atomic E-state index is 12.8. The van der Waals surface area contributed by atoms with Gasteiger partial charge in [0.05, 0.1) is 11.7 Å². The zero-order valence-electron chi connectivity index (χ0n) is 9.82. The molecule has 100 valence electrons. The molecule has 0 aliphatic carbocycles. The lowest BCUT2D eigenvalue weighted by Gasteiger charge is -2.15. The van der Waals surface area contributed by atoms with Crippen molar-refractivity contribution in [3.05, 3.63) is 29.3 Å². The first-order chi connectivity index (χ1) is 8.25. The maximum absolute atomic E-state index is 12.8. The molecule has 0 heterocycles. The fraction of sp³-hybridized carbons (Fsp3) is 0.364. The molecule has 0 amide bonds. The Morgan fingerprint density at radius 2 is 2.00 bits per heavy atom. The van der Waals surface area contributed by atoms with E-state index in [1.165, 1.54) is 6.07 Å². The summed E-state index contributed by atoms with van der Waals surface area (Å²) in [6.45, 7) is 3.40. The van der Waals surface area contributed by atoms with E-state index in [1.807, 2.05) is 0 Å². The predicted octanol–water partition coefficient (Wildman–Crippen LogP) is 2.59. The van der Waals surface area contributed by atoms with E-state index in [0.29, 0.717) is 0 Å². The molecule has 4 nitrogen and oxygen atoms in total. The van der Waals surface area contributed by atoms with Crippen LogP contribution in [-0.4, -0.2) is 17.1 Å². The van der Waals surface area contributed by atoms with Gasteiger partial charge in [0.25, 0.3) is 0 Å². The van der Waals surface area contributed by atoms with Crippen molar-refractivity contribution in [3.8, 4) is 5.75 Å². The van der Waals surface area contributed by atoms with Crippen molar-refractivity contribution < 1.29 is 23.1 Å². The van der Waals surface area contributed by atoms with Crippen LogP contribution in [0.3, 0.4) is 0 Å².